The van der Waals surface area contributed by atoms with Gasteiger partial charge in [0, 0.05) is 34.7 Å². The highest BCUT2D eigenvalue weighted by Gasteiger charge is 2.13. The Bertz CT molecular complexity index is 1050. The Balaban J connectivity index is 1.72. The number of anilines is 1. The highest BCUT2D eigenvalue weighted by atomic mass is 32.1. The van der Waals surface area contributed by atoms with Crippen molar-refractivity contribution in [3.8, 4) is 17.0 Å². The molecule has 2 aromatic carbocycles. The third-order valence-corrected chi connectivity index (χ3v) is 4.17. The molecule has 1 aromatic heterocycles. The van der Waals surface area contributed by atoms with E-state index in [4.69, 9.17) is 0 Å². The van der Waals surface area contributed by atoms with Gasteiger partial charge in [0.05, 0.1) is 21.8 Å². The summed E-state index contributed by atoms with van der Waals surface area (Å²) in [4.78, 5) is 24.8. The number of phenolic OH excluding ortho intramolecular Hbond substituents is 1. The van der Waals surface area contributed by atoms with Gasteiger partial charge < -0.3 is 5.11 Å². The molecule has 0 amide bonds. The summed E-state index contributed by atoms with van der Waals surface area (Å²) in [6, 6.07) is 10.00. The van der Waals surface area contributed by atoms with Gasteiger partial charge in [-0.3, -0.25) is 25.7 Å². The zero-order valence-electron chi connectivity index (χ0n) is 13.5. The Hall–Kier alpha value is -3.86. The van der Waals surface area contributed by atoms with E-state index in [9.17, 15) is 25.3 Å². The minimum absolute atomic E-state index is 0.0260. The number of benzene rings is 2. The molecule has 136 valence electrons. The van der Waals surface area contributed by atoms with Gasteiger partial charge in [-0.05, 0) is 12.1 Å². The smallest absolute Gasteiger partial charge is 0.311 e. The van der Waals surface area contributed by atoms with Crippen LogP contribution in [0, 0.1) is 20.2 Å². The Labute approximate surface area is 155 Å². The van der Waals surface area contributed by atoms with Crippen LogP contribution in [-0.2, 0) is 0 Å². The number of hydrogen-bond donors (Lipinski definition) is 2. The van der Waals surface area contributed by atoms with Crippen LogP contribution in [0.1, 0.15) is 5.56 Å². The quantitative estimate of drug-likeness (QED) is 0.373. The van der Waals surface area contributed by atoms with Gasteiger partial charge in [-0.1, -0.05) is 12.1 Å². The van der Waals surface area contributed by atoms with E-state index in [1.165, 1.54) is 47.9 Å². The highest BCUT2D eigenvalue weighted by Crippen LogP contribution is 2.28. The molecule has 0 bridgehead atoms. The lowest BCUT2D eigenvalue weighted by Gasteiger charge is -1.98. The number of hydrogen-bond acceptors (Lipinski definition) is 9. The lowest BCUT2D eigenvalue weighted by atomic mass is 10.1. The summed E-state index contributed by atoms with van der Waals surface area (Å²) in [7, 11) is 0. The van der Waals surface area contributed by atoms with E-state index in [1.54, 1.807) is 17.5 Å². The first kappa shape index (κ1) is 17.9. The Morgan fingerprint density at radius 2 is 1.96 bits per heavy atom. The zero-order valence-corrected chi connectivity index (χ0v) is 14.3. The molecule has 2 N–H and O–H groups in total. The minimum atomic E-state index is -0.688. The molecule has 0 atom stereocenters. The van der Waals surface area contributed by atoms with Crippen LogP contribution in [0.4, 0.5) is 16.5 Å². The van der Waals surface area contributed by atoms with Crippen molar-refractivity contribution < 1.29 is 15.0 Å². The monoisotopic (exact) mass is 385 g/mol. The van der Waals surface area contributed by atoms with Crippen molar-refractivity contribution in [2.45, 2.75) is 0 Å². The largest absolute Gasteiger partial charge is 0.502 e. The van der Waals surface area contributed by atoms with E-state index in [-0.39, 0.29) is 5.69 Å². The first-order valence-corrected chi connectivity index (χ1v) is 8.29. The number of rotatable bonds is 6. The Morgan fingerprint density at radius 3 is 2.70 bits per heavy atom. The number of aromatic hydroxyl groups is 1. The predicted octanol–water partition coefficient (Wildman–Crippen LogP) is 3.78. The summed E-state index contributed by atoms with van der Waals surface area (Å²) in [5, 5.41) is 37.2. The number of nitrogens with one attached hydrogen (secondary N) is 1. The van der Waals surface area contributed by atoms with Gasteiger partial charge in [-0.15, -0.1) is 11.3 Å². The molecule has 3 aromatic rings. The summed E-state index contributed by atoms with van der Waals surface area (Å²) in [6.45, 7) is 0. The Kier molecular flexibility index (Phi) is 5.04. The van der Waals surface area contributed by atoms with E-state index < -0.39 is 21.3 Å². The van der Waals surface area contributed by atoms with E-state index in [2.05, 4.69) is 15.5 Å². The number of thiazole rings is 1. The van der Waals surface area contributed by atoms with E-state index in [0.717, 1.165) is 0 Å². The van der Waals surface area contributed by atoms with Crippen molar-refractivity contribution in [2.24, 2.45) is 5.10 Å². The predicted molar refractivity (Wildman–Crippen MR) is 100 cm³/mol. The number of hydrazone groups is 1. The standard InChI is InChI=1S/C16H11N5O5S/c22-15-5-4-10(6-14(15)21(25)26)8-17-19-16-18-13(9-27-16)11-2-1-3-12(7-11)20(23)24/h1-9,22H,(H,18,19)/b17-8+. The fraction of sp³-hybridized carbons (Fsp3) is 0. The average molecular weight is 385 g/mol. The van der Waals surface area contributed by atoms with Gasteiger partial charge in [-0.25, -0.2) is 4.98 Å². The zero-order chi connectivity index (χ0) is 19.4. The normalized spacial score (nSPS) is 10.8. The van der Waals surface area contributed by atoms with Crippen molar-refractivity contribution in [2.75, 3.05) is 5.43 Å². The number of nitro groups is 2. The second kappa shape index (κ2) is 7.58. The van der Waals surface area contributed by atoms with Crippen LogP contribution in [-0.4, -0.2) is 26.2 Å². The van der Waals surface area contributed by atoms with Crippen LogP contribution < -0.4 is 5.43 Å². The molecule has 0 radical (unpaired) electrons. The first-order valence-electron chi connectivity index (χ1n) is 7.41. The molecule has 3 rings (SSSR count). The SMILES string of the molecule is O=[N+]([O-])c1cccc(-c2csc(N/N=C/c3ccc(O)c([N+](=O)[O-])c3)n2)c1. The van der Waals surface area contributed by atoms with Gasteiger partial charge in [0.1, 0.15) is 0 Å². The van der Waals surface area contributed by atoms with Crippen molar-refractivity contribution in [3.05, 3.63) is 73.6 Å². The number of aromatic nitrogens is 1. The molecule has 10 nitrogen and oxygen atoms in total. The van der Waals surface area contributed by atoms with Gasteiger partial charge >= 0.3 is 5.69 Å². The maximum atomic E-state index is 10.9. The van der Waals surface area contributed by atoms with Crippen molar-refractivity contribution in [3.63, 3.8) is 0 Å². The van der Waals surface area contributed by atoms with Gasteiger partial charge in [-0.2, -0.15) is 5.10 Å². The fourth-order valence-corrected chi connectivity index (χ4v) is 2.83. The van der Waals surface area contributed by atoms with E-state index in [0.29, 0.717) is 22.0 Å². The Morgan fingerprint density at radius 1 is 1.15 bits per heavy atom. The number of phenols is 1. The molecular formula is C16H11N5O5S. The van der Waals surface area contributed by atoms with Crippen LogP contribution in [0.25, 0.3) is 11.3 Å². The average Bonchev–Trinajstić information content (AvgIpc) is 3.12. The molecule has 0 saturated heterocycles. The lowest BCUT2D eigenvalue weighted by molar-refractivity contribution is -0.385. The molecule has 0 saturated carbocycles. The molecule has 0 spiro atoms. The molecule has 0 aliphatic rings. The maximum absolute atomic E-state index is 10.9. The first-order chi connectivity index (χ1) is 12.9. The van der Waals surface area contributed by atoms with Crippen molar-refractivity contribution >= 4 is 34.1 Å². The number of non-ortho nitro benzene ring substituents is 1. The van der Waals surface area contributed by atoms with Crippen LogP contribution in [0.15, 0.2) is 52.9 Å². The van der Waals surface area contributed by atoms with E-state index in [1.807, 2.05) is 0 Å². The third-order valence-electron chi connectivity index (χ3n) is 3.43. The van der Waals surface area contributed by atoms with Crippen molar-refractivity contribution in [1.29, 1.82) is 0 Å². The van der Waals surface area contributed by atoms with Crippen LogP contribution >= 0.6 is 11.3 Å². The van der Waals surface area contributed by atoms with Crippen LogP contribution in [0.5, 0.6) is 5.75 Å². The van der Waals surface area contributed by atoms with Gasteiger partial charge in [0.25, 0.3) is 5.69 Å². The molecule has 0 aliphatic heterocycles. The molecule has 0 fully saturated rings. The lowest BCUT2D eigenvalue weighted by Crippen LogP contribution is -1.93. The summed E-state index contributed by atoms with van der Waals surface area (Å²) in [5.41, 5.74) is 3.83. The van der Waals surface area contributed by atoms with Gasteiger partial charge in [0.15, 0.2) is 5.75 Å². The number of nitro benzene ring substituents is 2. The minimum Gasteiger partial charge on any atom is -0.502 e. The third kappa shape index (κ3) is 4.22. The summed E-state index contributed by atoms with van der Waals surface area (Å²) >= 11 is 1.25. The molecule has 0 unspecified atom stereocenters. The highest BCUT2D eigenvalue weighted by molar-refractivity contribution is 7.14. The summed E-state index contributed by atoms with van der Waals surface area (Å²) < 4.78 is 0. The van der Waals surface area contributed by atoms with Crippen LogP contribution in [0.3, 0.4) is 0 Å². The fourth-order valence-electron chi connectivity index (χ4n) is 2.17. The number of nitrogens with zero attached hydrogens (tertiary/aromatic N) is 4. The molecule has 27 heavy (non-hydrogen) atoms. The molecule has 0 aliphatic carbocycles. The summed E-state index contributed by atoms with van der Waals surface area (Å²) in [6.07, 6.45) is 1.35. The molecule has 11 heteroatoms. The van der Waals surface area contributed by atoms with Crippen LogP contribution in [0.2, 0.25) is 0 Å². The second-order valence-electron chi connectivity index (χ2n) is 5.22. The molecule has 1 heterocycles. The van der Waals surface area contributed by atoms with Gasteiger partial charge in [0.2, 0.25) is 5.13 Å². The molecular weight excluding hydrogens is 374 g/mol. The van der Waals surface area contributed by atoms with Crippen molar-refractivity contribution in [1.82, 2.24) is 4.98 Å². The second-order valence-corrected chi connectivity index (χ2v) is 6.08. The summed E-state index contributed by atoms with van der Waals surface area (Å²) in [5.74, 6) is -0.424. The van der Waals surface area contributed by atoms with E-state index >= 15 is 0 Å². The maximum Gasteiger partial charge on any atom is 0.311 e. The topological polar surface area (TPSA) is 144 Å².